The summed E-state index contributed by atoms with van der Waals surface area (Å²) in [4.78, 5) is 12.5. The maximum atomic E-state index is 12.5. The van der Waals surface area contributed by atoms with Crippen molar-refractivity contribution in [3.8, 4) is 11.1 Å². The minimum Gasteiger partial charge on any atom is -0.325 e. The van der Waals surface area contributed by atoms with Crippen LogP contribution in [-0.4, -0.2) is 22.1 Å². The van der Waals surface area contributed by atoms with E-state index in [-0.39, 0.29) is 11.9 Å². The lowest BCUT2D eigenvalue weighted by Crippen LogP contribution is -2.44. The van der Waals surface area contributed by atoms with Gasteiger partial charge < -0.3 is 10.6 Å². The summed E-state index contributed by atoms with van der Waals surface area (Å²) in [6.45, 7) is 0.730. The number of anilines is 1. The predicted octanol–water partition coefficient (Wildman–Crippen LogP) is 2.73. The smallest absolute Gasteiger partial charge is 0.241 e. The van der Waals surface area contributed by atoms with Crippen LogP contribution in [0.25, 0.3) is 11.1 Å². The van der Waals surface area contributed by atoms with Crippen molar-refractivity contribution >= 4 is 11.6 Å². The van der Waals surface area contributed by atoms with E-state index in [0.717, 1.165) is 29.8 Å². The van der Waals surface area contributed by atoms with Gasteiger partial charge in [0.25, 0.3) is 0 Å². The topological polar surface area (TPSA) is 69.8 Å². The summed E-state index contributed by atoms with van der Waals surface area (Å²) in [5.74, 6) is 0.000522. The van der Waals surface area contributed by atoms with Gasteiger partial charge in [-0.15, -0.1) is 0 Å². The summed E-state index contributed by atoms with van der Waals surface area (Å²) >= 11 is 0. The van der Waals surface area contributed by atoms with Crippen molar-refractivity contribution in [2.24, 2.45) is 0 Å². The number of nitrogens with one attached hydrogen (secondary N) is 3. The fourth-order valence-electron chi connectivity index (χ4n) is 3.02. The Morgan fingerprint density at radius 3 is 2.58 bits per heavy atom. The molecule has 1 aromatic heterocycles. The minimum atomic E-state index is -0.201. The second-order valence-corrected chi connectivity index (χ2v) is 5.96. The molecular formula is C19H18N4O. The average molecular weight is 318 g/mol. The Labute approximate surface area is 140 Å². The summed E-state index contributed by atoms with van der Waals surface area (Å²) in [5, 5.41) is 13.0. The van der Waals surface area contributed by atoms with E-state index >= 15 is 0 Å². The van der Waals surface area contributed by atoms with Crippen LogP contribution in [0.2, 0.25) is 0 Å². The lowest BCUT2D eigenvalue weighted by molar-refractivity contribution is -0.118. The highest BCUT2D eigenvalue weighted by Gasteiger charge is 2.23. The van der Waals surface area contributed by atoms with E-state index in [4.69, 9.17) is 0 Å². The summed E-state index contributed by atoms with van der Waals surface area (Å²) in [5.41, 5.74) is 5.40. The molecule has 120 valence electrons. The van der Waals surface area contributed by atoms with Crippen molar-refractivity contribution in [2.45, 2.75) is 19.0 Å². The first kappa shape index (κ1) is 14.7. The summed E-state index contributed by atoms with van der Waals surface area (Å²) in [6.07, 6.45) is 4.34. The fraction of sp³-hybridized carbons (Fsp3) is 0.158. The first-order chi connectivity index (χ1) is 11.8. The second-order valence-electron chi connectivity index (χ2n) is 5.96. The molecule has 5 nitrogen and oxygen atoms in total. The molecule has 2 heterocycles. The molecular weight excluding hydrogens is 300 g/mol. The number of amides is 1. The third-order valence-electron chi connectivity index (χ3n) is 4.38. The third-order valence-corrected chi connectivity index (χ3v) is 4.38. The molecule has 24 heavy (non-hydrogen) atoms. The van der Waals surface area contributed by atoms with Crippen molar-refractivity contribution in [1.29, 1.82) is 0 Å². The van der Waals surface area contributed by atoms with Crippen LogP contribution in [-0.2, 0) is 17.8 Å². The lowest BCUT2D eigenvalue weighted by Gasteiger charge is -2.25. The monoisotopic (exact) mass is 318 g/mol. The molecule has 1 aliphatic heterocycles. The highest BCUT2D eigenvalue weighted by atomic mass is 16.2. The van der Waals surface area contributed by atoms with Crippen molar-refractivity contribution in [3.63, 3.8) is 0 Å². The van der Waals surface area contributed by atoms with Crippen LogP contribution in [0.15, 0.2) is 60.9 Å². The number of hydrogen-bond acceptors (Lipinski definition) is 3. The Hall–Kier alpha value is -2.92. The maximum absolute atomic E-state index is 12.5. The van der Waals surface area contributed by atoms with Gasteiger partial charge in [0, 0.05) is 24.0 Å². The zero-order valence-corrected chi connectivity index (χ0v) is 13.1. The number of H-pyrrole nitrogens is 1. The quantitative estimate of drug-likeness (QED) is 0.695. The van der Waals surface area contributed by atoms with Crippen LogP contribution in [0.4, 0.5) is 5.69 Å². The molecule has 5 heteroatoms. The molecule has 1 atom stereocenters. The lowest BCUT2D eigenvalue weighted by atomic mass is 9.95. The number of nitrogens with zero attached hydrogens (tertiary/aromatic N) is 1. The van der Waals surface area contributed by atoms with Gasteiger partial charge in [0.15, 0.2) is 0 Å². The zero-order valence-electron chi connectivity index (χ0n) is 13.1. The molecule has 0 saturated heterocycles. The number of fused-ring (bicyclic) bond motifs is 1. The van der Waals surface area contributed by atoms with E-state index in [2.05, 4.69) is 33.0 Å². The van der Waals surface area contributed by atoms with Crippen molar-refractivity contribution in [1.82, 2.24) is 15.5 Å². The average Bonchev–Trinajstić information content (AvgIpc) is 3.16. The number of hydrogen-bond donors (Lipinski definition) is 3. The Balaban J connectivity index is 1.43. The fourth-order valence-corrected chi connectivity index (χ4v) is 3.02. The third kappa shape index (κ3) is 2.94. The Morgan fingerprint density at radius 2 is 1.83 bits per heavy atom. The van der Waals surface area contributed by atoms with Crippen LogP contribution in [0, 0.1) is 0 Å². The van der Waals surface area contributed by atoms with Gasteiger partial charge in [-0.3, -0.25) is 9.89 Å². The summed E-state index contributed by atoms with van der Waals surface area (Å²) in [7, 11) is 0. The summed E-state index contributed by atoms with van der Waals surface area (Å²) in [6, 6.07) is 15.8. The van der Waals surface area contributed by atoms with Gasteiger partial charge in [-0.05, 0) is 35.2 Å². The van der Waals surface area contributed by atoms with E-state index in [9.17, 15) is 4.79 Å². The molecule has 0 fully saturated rings. The molecule has 0 unspecified atom stereocenters. The van der Waals surface area contributed by atoms with E-state index < -0.39 is 0 Å². The molecule has 0 saturated carbocycles. The number of carbonyl (C=O) groups excluding carboxylic acids is 1. The van der Waals surface area contributed by atoms with E-state index in [0.29, 0.717) is 0 Å². The van der Waals surface area contributed by atoms with Gasteiger partial charge in [-0.2, -0.15) is 5.10 Å². The van der Waals surface area contributed by atoms with Crippen LogP contribution in [0.5, 0.6) is 0 Å². The molecule has 4 rings (SSSR count). The Bertz CT molecular complexity index is 840. The Morgan fingerprint density at radius 1 is 1.04 bits per heavy atom. The molecule has 0 aliphatic carbocycles. The van der Waals surface area contributed by atoms with Gasteiger partial charge in [0.1, 0.15) is 0 Å². The second kappa shape index (κ2) is 6.29. The van der Waals surface area contributed by atoms with E-state index in [1.807, 2.05) is 42.6 Å². The van der Waals surface area contributed by atoms with Gasteiger partial charge in [0.05, 0.1) is 12.2 Å². The standard InChI is InChI=1S/C19H18N4O/c24-19(18-9-14-3-1-2-4-15(14)10-20-18)23-17-7-5-13(6-8-17)16-11-21-22-12-16/h1-8,11-12,18,20H,9-10H2,(H,21,22)(H,23,24)/t18-/m0/s1. The summed E-state index contributed by atoms with van der Waals surface area (Å²) < 4.78 is 0. The number of rotatable bonds is 3. The molecule has 1 aliphatic rings. The highest BCUT2D eigenvalue weighted by molar-refractivity contribution is 5.95. The van der Waals surface area contributed by atoms with Crippen molar-refractivity contribution < 1.29 is 4.79 Å². The Kier molecular flexibility index (Phi) is 3.84. The minimum absolute atomic E-state index is 0.000522. The van der Waals surface area contributed by atoms with Gasteiger partial charge in [-0.1, -0.05) is 36.4 Å². The van der Waals surface area contributed by atoms with Crippen LogP contribution < -0.4 is 10.6 Å². The van der Waals surface area contributed by atoms with E-state index in [1.165, 1.54) is 11.1 Å². The zero-order chi connectivity index (χ0) is 16.4. The number of aromatic amines is 1. The van der Waals surface area contributed by atoms with Gasteiger partial charge >= 0.3 is 0 Å². The number of aromatic nitrogens is 2. The highest BCUT2D eigenvalue weighted by Crippen LogP contribution is 2.21. The van der Waals surface area contributed by atoms with Crippen molar-refractivity contribution in [3.05, 3.63) is 72.1 Å². The normalized spacial score (nSPS) is 16.4. The van der Waals surface area contributed by atoms with Gasteiger partial charge in [0.2, 0.25) is 5.91 Å². The van der Waals surface area contributed by atoms with Crippen LogP contribution in [0.1, 0.15) is 11.1 Å². The maximum Gasteiger partial charge on any atom is 0.241 e. The van der Waals surface area contributed by atoms with Crippen molar-refractivity contribution in [2.75, 3.05) is 5.32 Å². The van der Waals surface area contributed by atoms with Gasteiger partial charge in [-0.25, -0.2) is 0 Å². The molecule has 0 bridgehead atoms. The molecule has 1 amide bonds. The predicted molar refractivity (Wildman–Crippen MR) is 93.4 cm³/mol. The molecule has 0 radical (unpaired) electrons. The number of carbonyl (C=O) groups is 1. The first-order valence-electron chi connectivity index (χ1n) is 8.00. The van der Waals surface area contributed by atoms with Crippen LogP contribution >= 0.6 is 0 Å². The SMILES string of the molecule is O=C(Nc1ccc(-c2cn[nH]c2)cc1)[C@@H]1Cc2ccccc2CN1. The number of benzene rings is 2. The van der Waals surface area contributed by atoms with Crippen LogP contribution in [0.3, 0.4) is 0 Å². The largest absolute Gasteiger partial charge is 0.325 e. The first-order valence-corrected chi connectivity index (χ1v) is 8.00. The van der Waals surface area contributed by atoms with E-state index in [1.54, 1.807) is 6.20 Å². The molecule has 2 aromatic carbocycles. The molecule has 3 N–H and O–H groups in total. The molecule has 3 aromatic rings. The molecule has 0 spiro atoms.